The van der Waals surface area contributed by atoms with Gasteiger partial charge in [0.1, 0.15) is 0 Å². The molecule has 2 aromatic heterocycles. The third-order valence-corrected chi connectivity index (χ3v) is 10.9. The predicted molar refractivity (Wildman–Crippen MR) is 214 cm³/mol. The number of nitrogens with zero attached hydrogens (tertiary/aromatic N) is 2. The van der Waals surface area contributed by atoms with Crippen molar-refractivity contribution in [2.45, 2.75) is 6.42 Å². The van der Waals surface area contributed by atoms with Crippen LogP contribution in [0.4, 0.5) is 0 Å². The molecule has 2 nitrogen and oxygen atoms in total. The number of hydrogen-bond acceptors (Lipinski definition) is 0. The maximum atomic E-state index is 2.41. The second-order valence-electron chi connectivity index (χ2n) is 13.8. The molecule has 2 heterocycles. The zero-order valence-corrected chi connectivity index (χ0v) is 27.9. The number of benzene rings is 8. The van der Waals surface area contributed by atoms with Crippen LogP contribution in [0.25, 0.3) is 88.4 Å². The lowest BCUT2D eigenvalue weighted by Gasteiger charge is -2.11. The molecule has 1 aliphatic carbocycles. The van der Waals surface area contributed by atoms with Gasteiger partial charge in [-0.15, -0.1) is 0 Å². The Morgan fingerprint density at radius 2 is 0.667 bits per heavy atom. The number of rotatable bonds is 4. The second-order valence-corrected chi connectivity index (χ2v) is 13.8. The van der Waals surface area contributed by atoms with Crippen molar-refractivity contribution in [1.82, 2.24) is 9.13 Å². The standard InChI is InChI=1S/C49H32N2/c1-3-11-38(12-4-1)50-46-17-9-7-15-40(46)42-25-23-34(30-48(42)50)32-19-21-36-27-37-22-20-33(29-45(37)44(36)28-32)35-24-26-43-41-16-8-10-18-47(41)51(49(43)31-35)39-13-5-2-6-14-39/h1-26,28-31H,27H2. The van der Waals surface area contributed by atoms with Crippen LogP contribution < -0.4 is 0 Å². The summed E-state index contributed by atoms with van der Waals surface area (Å²) in [6.07, 6.45) is 0.966. The Bertz CT molecular complexity index is 2780. The van der Waals surface area contributed by atoms with Gasteiger partial charge in [0, 0.05) is 32.9 Å². The van der Waals surface area contributed by atoms with Crippen LogP contribution in [0.3, 0.4) is 0 Å². The highest BCUT2D eigenvalue weighted by molar-refractivity contribution is 6.11. The minimum atomic E-state index is 0.966. The third kappa shape index (κ3) is 4.30. The Kier molecular flexibility index (Phi) is 6.05. The molecule has 0 aliphatic heterocycles. The van der Waals surface area contributed by atoms with Crippen molar-refractivity contribution in [3.63, 3.8) is 0 Å². The molecule has 0 atom stereocenters. The van der Waals surface area contributed by atoms with Crippen molar-refractivity contribution in [2.24, 2.45) is 0 Å². The molecule has 0 unspecified atom stereocenters. The lowest BCUT2D eigenvalue weighted by atomic mass is 9.95. The molecule has 0 spiro atoms. The first kappa shape index (κ1) is 28.2. The highest BCUT2D eigenvalue weighted by Gasteiger charge is 2.21. The minimum Gasteiger partial charge on any atom is -0.309 e. The predicted octanol–water partition coefficient (Wildman–Crippen LogP) is 12.8. The minimum absolute atomic E-state index is 0.966. The van der Waals surface area contributed by atoms with Gasteiger partial charge in [-0.3, -0.25) is 0 Å². The van der Waals surface area contributed by atoms with E-state index in [0.29, 0.717) is 0 Å². The molecule has 10 aromatic rings. The molecular formula is C49H32N2. The zero-order valence-electron chi connectivity index (χ0n) is 27.9. The van der Waals surface area contributed by atoms with Gasteiger partial charge in [-0.1, -0.05) is 121 Å². The molecular weight excluding hydrogens is 617 g/mol. The molecule has 0 N–H and O–H groups in total. The summed E-state index contributed by atoms with van der Waals surface area (Å²) in [4.78, 5) is 0. The van der Waals surface area contributed by atoms with E-state index in [1.807, 2.05) is 0 Å². The van der Waals surface area contributed by atoms with E-state index in [1.54, 1.807) is 0 Å². The van der Waals surface area contributed by atoms with Crippen LogP contribution in [0.2, 0.25) is 0 Å². The van der Waals surface area contributed by atoms with E-state index in [4.69, 9.17) is 0 Å². The quantitative estimate of drug-likeness (QED) is 0.180. The maximum absolute atomic E-state index is 2.41. The molecule has 0 amide bonds. The summed E-state index contributed by atoms with van der Waals surface area (Å²) in [7, 11) is 0. The number of hydrogen-bond donors (Lipinski definition) is 0. The van der Waals surface area contributed by atoms with Crippen molar-refractivity contribution < 1.29 is 0 Å². The fraction of sp³-hybridized carbons (Fsp3) is 0.0204. The summed E-state index contributed by atoms with van der Waals surface area (Å²) in [5.41, 5.74) is 17.7. The van der Waals surface area contributed by atoms with Crippen LogP contribution in [0.1, 0.15) is 11.1 Å². The Labute approximate surface area is 296 Å². The molecule has 0 fully saturated rings. The average Bonchev–Trinajstić information content (AvgIpc) is 3.85. The van der Waals surface area contributed by atoms with Crippen LogP contribution in [0, 0.1) is 0 Å². The van der Waals surface area contributed by atoms with Gasteiger partial charge in [0.15, 0.2) is 0 Å². The summed E-state index contributed by atoms with van der Waals surface area (Å²) >= 11 is 0. The second kappa shape index (κ2) is 10.9. The van der Waals surface area contributed by atoms with Gasteiger partial charge in [-0.2, -0.15) is 0 Å². The first-order valence-electron chi connectivity index (χ1n) is 17.7. The van der Waals surface area contributed by atoms with Crippen LogP contribution in [0.15, 0.2) is 182 Å². The Balaban J connectivity index is 1.03. The lowest BCUT2D eigenvalue weighted by Crippen LogP contribution is -1.93. The van der Waals surface area contributed by atoms with Crippen molar-refractivity contribution in [2.75, 3.05) is 0 Å². The molecule has 11 rings (SSSR count). The van der Waals surface area contributed by atoms with Gasteiger partial charge in [0.05, 0.1) is 22.1 Å². The van der Waals surface area contributed by atoms with Crippen LogP contribution in [-0.4, -0.2) is 9.13 Å². The number of para-hydroxylation sites is 4. The van der Waals surface area contributed by atoms with E-state index < -0.39 is 0 Å². The van der Waals surface area contributed by atoms with E-state index in [-0.39, 0.29) is 0 Å². The third-order valence-electron chi connectivity index (χ3n) is 10.9. The smallest absolute Gasteiger partial charge is 0.0547 e. The lowest BCUT2D eigenvalue weighted by molar-refractivity contribution is 1.18. The van der Waals surface area contributed by atoms with Gasteiger partial charge in [-0.05, 0) is 112 Å². The van der Waals surface area contributed by atoms with Crippen molar-refractivity contribution >= 4 is 43.6 Å². The largest absolute Gasteiger partial charge is 0.309 e. The summed E-state index contributed by atoms with van der Waals surface area (Å²) in [6.45, 7) is 0. The van der Waals surface area contributed by atoms with Crippen molar-refractivity contribution in [1.29, 1.82) is 0 Å². The van der Waals surface area contributed by atoms with E-state index in [9.17, 15) is 0 Å². The first-order valence-corrected chi connectivity index (χ1v) is 17.7. The first-order chi connectivity index (χ1) is 25.3. The number of aromatic nitrogens is 2. The van der Waals surface area contributed by atoms with Crippen molar-refractivity contribution in [3.05, 3.63) is 193 Å². The van der Waals surface area contributed by atoms with Gasteiger partial charge in [0.25, 0.3) is 0 Å². The zero-order chi connectivity index (χ0) is 33.5. The summed E-state index contributed by atoms with van der Waals surface area (Å²) in [6, 6.07) is 66.9. The SMILES string of the molecule is c1ccc(-n2c3ccccc3c3ccc(-c4ccc5c(c4)-c4cc(-c6ccc7c8ccccc8n(-c8ccccc8)c7c6)ccc4C5)cc32)cc1. The Morgan fingerprint density at radius 3 is 1.14 bits per heavy atom. The molecule has 0 saturated carbocycles. The molecule has 0 bridgehead atoms. The van der Waals surface area contributed by atoms with E-state index >= 15 is 0 Å². The van der Waals surface area contributed by atoms with E-state index in [2.05, 4.69) is 191 Å². The fourth-order valence-corrected chi connectivity index (χ4v) is 8.54. The van der Waals surface area contributed by atoms with Crippen LogP contribution >= 0.6 is 0 Å². The molecule has 1 aliphatic rings. The van der Waals surface area contributed by atoms with Gasteiger partial charge >= 0.3 is 0 Å². The van der Waals surface area contributed by atoms with Crippen molar-refractivity contribution in [3.8, 4) is 44.8 Å². The fourth-order valence-electron chi connectivity index (χ4n) is 8.54. The molecule has 51 heavy (non-hydrogen) atoms. The Hall–Kier alpha value is -6.64. The average molecular weight is 649 g/mol. The molecule has 0 radical (unpaired) electrons. The number of fused-ring (bicyclic) bond motifs is 9. The monoisotopic (exact) mass is 648 g/mol. The molecule has 8 aromatic carbocycles. The normalized spacial score (nSPS) is 12.2. The van der Waals surface area contributed by atoms with Gasteiger partial charge in [0.2, 0.25) is 0 Å². The van der Waals surface area contributed by atoms with Crippen LogP contribution in [-0.2, 0) is 6.42 Å². The highest BCUT2D eigenvalue weighted by atomic mass is 15.0. The molecule has 238 valence electrons. The summed E-state index contributed by atoms with van der Waals surface area (Å²) in [5, 5.41) is 5.11. The topological polar surface area (TPSA) is 9.86 Å². The van der Waals surface area contributed by atoms with E-state index in [0.717, 1.165) is 6.42 Å². The summed E-state index contributed by atoms with van der Waals surface area (Å²) < 4.78 is 4.80. The van der Waals surface area contributed by atoms with E-state index in [1.165, 1.54) is 99.5 Å². The maximum Gasteiger partial charge on any atom is 0.0547 e. The molecule has 2 heteroatoms. The Morgan fingerprint density at radius 1 is 0.294 bits per heavy atom. The van der Waals surface area contributed by atoms with Gasteiger partial charge in [-0.25, -0.2) is 0 Å². The van der Waals surface area contributed by atoms with Gasteiger partial charge < -0.3 is 9.13 Å². The van der Waals surface area contributed by atoms with Crippen LogP contribution in [0.5, 0.6) is 0 Å². The summed E-state index contributed by atoms with van der Waals surface area (Å²) in [5.74, 6) is 0. The highest BCUT2D eigenvalue weighted by Crippen LogP contribution is 2.43. The molecule has 0 saturated heterocycles.